The third kappa shape index (κ3) is 2.22. The number of aliphatic imine (C=N–C) groups is 1. The van der Waals surface area contributed by atoms with Crippen molar-refractivity contribution in [3.63, 3.8) is 0 Å². The molecule has 0 amide bonds. The topological polar surface area (TPSA) is 38.7 Å². The van der Waals surface area contributed by atoms with Crippen LogP contribution in [0.4, 0.5) is 0 Å². The van der Waals surface area contributed by atoms with E-state index in [1.807, 2.05) is 31.2 Å². The second-order valence-corrected chi connectivity index (χ2v) is 4.15. The van der Waals surface area contributed by atoms with Gasteiger partial charge in [-0.2, -0.15) is 0 Å². The van der Waals surface area contributed by atoms with Gasteiger partial charge >= 0.3 is 5.97 Å². The van der Waals surface area contributed by atoms with Gasteiger partial charge in [0.15, 0.2) is 11.6 Å². The normalized spacial score (nSPS) is 17.5. The first-order valence-electron chi connectivity index (χ1n) is 4.96. The van der Waals surface area contributed by atoms with Crippen LogP contribution in [0.5, 0.6) is 0 Å². The molecular weight excluding hydrogens is 270 g/mol. The zero-order valence-corrected chi connectivity index (χ0v) is 10.3. The van der Waals surface area contributed by atoms with Gasteiger partial charge in [0.2, 0.25) is 0 Å². The first-order chi connectivity index (χ1) is 7.70. The van der Waals surface area contributed by atoms with Gasteiger partial charge in [0.25, 0.3) is 0 Å². The lowest BCUT2D eigenvalue weighted by molar-refractivity contribution is -0.130. The average molecular weight is 280 g/mol. The standard InChI is InChI=1S/C12H10BrNO2/c1-2-11-14-10(12(15)16-11)7-8-5-3-4-6-9(8)13/h3-7H,2H2,1H3/b10-7-. The van der Waals surface area contributed by atoms with Crippen molar-refractivity contribution in [2.45, 2.75) is 13.3 Å². The molecule has 0 radical (unpaired) electrons. The van der Waals surface area contributed by atoms with Gasteiger partial charge in [-0.3, -0.25) is 0 Å². The summed E-state index contributed by atoms with van der Waals surface area (Å²) in [5.74, 6) is 0.0934. The van der Waals surface area contributed by atoms with Gasteiger partial charge in [0, 0.05) is 10.9 Å². The van der Waals surface area contributed by atoms with Gasteiger partial charge in [-0.05, 0) is 17.7 Å². The van der Waals surface area contributed by atoms with Crippen molar-refractivity contribution in [3.8, 4) is 0 Å². The van der Waals surface area contributed by atoms with E-state index in [-0.39, 0.29) is 5.97 Å². The SMILES string of the molecule is CCC1=N/C(=C\c2ccccc2Br)C(=O)O1. The van der Waals surface area contributed by atoms with Crippen molar-refractivity contribution in [2.24, 2.45) is 4.99 Å². The Labute approximate surface area is 102 Å². The van der Waals surface area contributed by atoms with Gasteiger partial charge in [-0.25, -0.2) is 9.79 Å². The number of hydrogen-bond acceptors (Lipinski definition) is 3. The molecule has 1 aromatic rings. The number of esters is 1. The molecule has 0 aliphatic carbocycles. The molecule has 0 unspecified atom stereocenters. The first-order valence-corrected chi connectivity index (χ1v) is 5.76. The Bertz CT molecular complexity index is 492. The number of carbonyl (C=O) groups excluding carboxylic acids is 1. The van der Waals surface area contributed by atoms with Crippen molar-refractivity contribution in [1.82, 2.24) is 0 Å². The molecule has 0 aromatic heterocycles. The van der Waals surface area contributed by atoms with Crippen LogP contribution in [0.15, 0.2) is 39.4 Å². The number of carbonyl (C=O) groups is 1. The van der Waals surface area contributed by atoms with E-state index >= 15 is 0 Å². The Morgan fingerprint density at radius 2 is 2.19 bits per heavy atom. The van der Waals surface area contributed by atoms with E-state index in [4.69, 9.17) is 4.74 Å². The van der Waals surface area contributed by atoms with Crippen LogP contribution in [-0.2, 0) is 9.53 Å². The fraction of sp³-hybridized carbons (Fsp3) is 0.167. The molecule has 3 nitrogen and oxygen atoms in total. The lowest BCUT2D eigenvalue weighted by atomic mass is 10.2. The van der Waals surface area contributed by atoms with Gasteiger partial charge in [-0.15, -0.1) is 0 Å². The molecule has 0 fully saturated rings. The molecule has 82 valence electrons. The van der Waals surface area contributed by atoms with Gasteiger partial charge in [-0.1, -0.05) is 41.1 Å². The molecule has 0 atom stereocenters. The highest BCUT2D eigenvalue weighted by atomic mass is 79.9. The Hall–Kier alpha value is -1.42. The Morgan fingerprint density at radius 3 is 2.81 bits per heavy atom. The molecule has 1 aliphatic rings. The lowest BCUT2D eigenvalue weighted by Crippen LogP contribution is -2.02. The number of benzene rings is 1. The quantitative estimate of drug-likeness (QED) is 0.616. The molecule has 4 heteroatoms. The molecule has 2 rings (SSSR count). The summed E-state index contributed by atoms with van der Waals surface area (Å²) in [7, 11) is 0. The number of nitrogens with zero attached hydrogens (tertiary/aromatic N) is 1. The smallest absolute Gasteiger partial charge is 0.363 e. The van der Waals surface area contributed by atoms with E-state index in [9.17, 15) is 4.79 Å². The third-order valence-corrected chi connectivity index (χ3v) is 2.89. The second kappa shape index (κ2) is 4.61. The molecule has 1 aliphatic heterocycles. The molecule has 0 bridgehead atoms. The molecule has 1 aromatic carbocycles. The molecule has 16 heavy (non-hydrogen) atoms. The lowest BCUT2D eigenvalue weighted by Gasteiger charge is -1.96. The van der Waals surface area contributed by atoms with Gasteiger partial charge in [0.1, 0.15) is 0 Å². The predicted molar refractivity (Wildman–Crippen MR) is 65.9 cm³/mol. The number of ether oxygens (including phenoxy) is 1. The van der Waals surface area contributed by atoms with Crippen LogP contribution < -0.4 is 0 Å². The summed E-state index contributed by atoms with van der Waals surface area (Å²) in [4.78, 5) is 15.5. The minimum absolute atomic E-state index is 0.351. The van der Waals surface area contributed by atoms with Crippen LogP contribution in [-0.4, -0.2) is 11.9 Å². The Morgan fingerprint density at radius 1 is 1.44 bits per heavy atom. The van der Waals surface area contributed by atoms with E-state index in [0.717, 1.165) is 10.0 Å². The van der Waals surface area contributed by atoms with Crippen molar-refractivity contribution >= 4 is 33.9 Å². The minimum Gasteiger partial charge on any atom is -0.407 e. The summed E-state index contributed by atoms with van der Waals surface area (Å²) in [6.45, 7) is 1.90. The summed E-state index contributed by atoms with van der Waals surface area (Å²) < 4.78 is 5.89. The van der Waals surface area contributed by atoms with Gasteiger partial charge < -0.3 is 4.74 Å². The van der Waals surface area contributed by atoms with E-state index in [1.165, 1.54) is 0 Å². The highest BCUT2D eigenvalue weighted by molar-refractivity contribution is 9.10. The third-order valence-electron chi connectivity index (χ3n) is 2.16. The minimum atomic E-state index is -0.382. The van der Waals surface area contributed by atoms with Crippen molar-refractivity contribution in [2.75, 3.05) is 0 Å². The summed E-state index contributed by atoms with van der Waals surface area (Å²) in [5, 5.41) is 0. The summed E-state index contributed by atoms with van der Waals surface area (Å²) in [6, 6.07) is 7.64. The Kier molecular flexibility index (Phi) is 3.19. The van der Waals surface area contributed by atoms with Crippen LogP contribution in [0.2, 0.25) is 0 Å². The fourth-order valence-electron chi connectivity index (χ4n) is 1.34. The van der Waals surface area contributed by atoms with Gasteiger partial charge in [0.05, 0.1) is 0 Å². The predicted octanol–water partition coefficient (Wildman–Crippen LogP) is 3.16. The molecule has 1 heterocycles. The van der Waals surface area contributed by atoms with E-state index in [0.29, 0.717) is 18.0 Å². The van der Waals surface area contributed by atoms with Crippen molar-refractivity contribution in [3.05, 3.63) is 40.0 Å². The van der Waals surface area contributed by atoms with E-state index in [1.54, 1.807) is 6.08 Å². The maximum Gasteiger partial charge on any atom is 0.363 e. The highest BCUT2D eigenvalue weighted by Gasteiger charge is 2.21. The largest absolute Gasteiger partial charge is 0.407 e. The summed E-state index contributed by atoms with van der Waals surface area (Å²) >= 11 is 3.41. The van der Waals surface area contributed by atoms with Crippen LogP contribution in [0, 0.1) is 0 Å². The number of hydrogen-bond donors (Lipinski definition) is 0. The van der Waals surface area contributed by atoms with E-state index in [2.05, 4.69) is 20.9 Å². The number of halogens is 1. The molecule has 0 spiro atoms. The second-order valence-electron chi connectivity index (χ2n) is 3.30. The fourth-order valence-corrected chi connectivity index (χ4v) is 1.74. The zero-order valence-electron chi connectivity index (χ0n) is 8.74. The maximum atomic E-state index is 11.4. The van der Waals surface area contributed by atoms with E-state index < -0.39 is 0 Å². The van der Waals surface area contributed by atoms with Crippen LogP contribution in [0.25, 0.3) is 6.08 Å². The molecule has 0 saturated heterocycles. The maximum absolute atomic E-state index is 11.4. The molecular formula is C12H10BrNO2. The summed E-state index contributed by atoms with van der Waals surface area (Å²) in [6.07, 6.45) is 2.34. The van der Waals surface area contributed by atoms with Crippen LogP contribution in [0.1, 0.15) is 18.9 Å². The number of rotatable bonds is 2. The molecule has 0 N–H and O–H groups in total. The number of cyclic esters (lactones) is 1. The Balaban J connectivity index is 2.35. The summed E-state index contributed by atoms with van der Waals surface area (Å²) in [5.41, 5.74) is 1.26. The molecule has 0 saturated carbocycles. The van der Waals surface area contributed by atoms with Crippen molar-refractivity contribution < 1.29 is 9.53 Å². The van der Waals surface area contributed by atoms with Crippen LogP contribution >= 0.6 is 15.9 Å². The monoisotopic (exact) mass is 279 g/mol. The zero-order chi connectivity index (χ0) is 11.5. The highest BCUT2D eigenvalue weighted by Crippen LogP contribution is 2.22. The first kappa shape index (κ1) is 11.1. The van der Waals surface area contributed by atoms with Crippen molar-refractivity contribution in [1.29, 1.82) is 0 Å². The average Bonchev–Trinajstić information content (AvgIpc) is 2.63. The van der Waals surface area contributed by atoms with Crippen LogP contribution in [0.3, 0.4) is 0 Å².